The minimum absolute atomic E-state index is 0.0404. The average molecular weight is 431 g/mol. The molecule has 170 valence electrons. The van der Waals surface area contributed by atoms with Gasteiger partial charge in [-0.05, 0) is 12.5 Å². The number of aliphatic hydroxyl groups excluding tert-OH is 2. The molecule has 1 fully saturated rings. The lowest BCUT2D eigenvalue weighted by Gasteiger charge is -2.21. The number of hydrogen-bond donors (Lipinski definition) is 3. The summed E-state index contributed by atoms with van der Waals surface area (Å²) in [5.74, 6) is -4.12. The maximum absolute atomic E-state index is 14.2. The van der Waals surface area contributed by atoms with Gasteiger partial charge in [-0.25, -0.2) is 4.79 Å². The van der Waals surface area contributed by atoms with Gasteiger partial charge in [0.05, 0.1) is 6.61 Å². The van der Waals surface area contributed by atoms with Crippen LogP contribution in [0, 0.1) is 0 Å². The van der Waals surface area contributed by atoms with E-state index in [0.29, 0.717) is 4.57 Å². The van der Waals surface area contributed by atoms with Gasteiger partial charge in [0.1, 0.15) is 11.9 Å². The Labute approximate surface area is 174 Å². The first-order valence-electron chi connectivity index (χ1n) is 10.5. The Morgan fingerprint density at radius 3 is 2.43 bits per heavy atom. The Balaban J connectivity index is 1.83. The molecule has 0 saturated carbocycles. The normalized spacial score (nSPS) is 22.9. The van der Waals surface area contributed by atoms with E-state index < -0.39 is 36.7 Å². The molecule has 1 aliphatic heterocycles. The second-order valence-electron chi connectivity index (χ2n) is 7.60. The Bertz CT molecular complexity index is 743. The van der Waals surface area contributed by atoms with Crippen LogP contribution in [0.3, 0.4) is 0 Å². The van der Waals surface area contributed by atoms with Gasteiger partial charge in [0, 0.05) is 12.6 Å². The summed E-state index contributed by atoms with van der Waals surface area (Å²) in [6.07, 6.45) is 4.26. The second kappa shape index (κ2) is 11.5. The van der Waals surface area contributed by atoms with Crippen LogP contribution in [0.25, 0.3) is 0 Å². The number of nitrogens with zero attached hydrogens (tertiary/aromatic N) is 2. The van der Waals surface area contributed by atoms with Gasteiger partial charge in [0.25, 0.3) is 0 Å². The molecule has 10 heteroatoms. The van der Waals surface area contributed by atoms with Crippen LogP contribution in [0.15, 0.2) is 17.1 Å². The van der Waals surface area contributed by atoms with Crippen LogP contribution in [-0.2, 0) is 9.53 Å². The molecule has 0 spiro atoms. The predicted octanol–water partition coefficient (Wildman–Crippen LogP) is 2.60. The highest BCUT2D eigenvalue weighted by Crippen LogP contribution is 2.41. The summed E-state index contributed by atoms with van der Waals surface area (Å²) in [4.78, 5) is 27.8. The molecule has 0 aliphatic carbocycles. The molecular formula is C20H31F2N3O5. The molecule has 0 aromatic carbocycles. The van der Waals surface area contributed by atoms with Crippen LogP contribution in [0.1, 0.15) is 70.9 Å². The maximum atomic E-state index is 14.2. The highest BCUT2D eigenvalue weighted by Gasteiger charge is 2.59. The van der Waals surface area contributed by atoms with Crippen molar-refractivity contribution in [1.82, 2.24) is 9.55 Å². The standard InChI is InChI=1S/C20H31F2N3O5/c1-2-3-4-5-6-7-8-9-10-16(27)23-15-11-12-25(19(29)24-15)18-20(21,22)17(28)14(13-26)30-18/h11-12,14,17-18,26,28H,2-10,13H2,1H3,(H,23,24,27,29)/t14-,17-,18-/m0/s1. The number of aliphatic hydroxyl groups is 2. The van der Waals surface area contributed by atoms with Crippen LogP contribution in [0.5, 0.6) is 0 Å². The number of nitrogens with one attached hydrogen (secondary N) is 1. The van der Waals surface area contributed by atoms with Gasteiger partial charge in [0.15, 0.2) is 6.10 Å². The van der Waals surface area contributed by atoms with Crippen molar-refractivity contribution in [2.45, 2.75) is 89.1 Å². The average Bonchev–Trinajstić information content (AvgIpc) is 2.93. The lowest BCUT2D eigenvalue weighted by molar-refractivity contribution is -0.141. The van der Waals surface area contributed by atoms with E-state index in [4.69, 9.17) is 9.84 Å². The molecular weight excluding hydrogens is 400 g/mol. The zero-order chi connectivity index (χ0) is 22.1. The molecule has 0 bridgehead atoms. The number of aromatic nitrogens is 2. The Morgan fingerprint density at radius 2 is 1.87 bits per heavy atom. The van der Waals surface area contributed by atoms with Crippen LogP contribution in [0.2, 0.25) is 0 Å². The van der Waals surface area contributed by atoms with Crippen molar-refractivity contribution in [3.63, 3.8) is 0 Å². The maximum Gasteiger partial charge on any atom is 0.351 e. The van der Waals surface area contributed by atoms with Gasteiger partial charge in [0.2, 0.25) is 12.1 Å². The molecule has 8 nitrogen and oxygen atoms in total. The molecule has 1 amide bonds. The van der Waals surface area contributed by atoms with Crippen LogP contribution < -0.4 is 11.0 Å². The highest BCUT2D eigenvalue weighted by molar-refractivity contribution is 5.89. The van der Waals surface area contributed by atoms with Gasteiger partial charge in [-0.15, -0.1) is 0 Å². The molecule has 3 atom stereocenters. The summed E-state index contributed by atoms with van der Waals surface area (Å²) in [7, 11) is 0. The van der Waals surface area contributed by atoms with Crippen molar-refractivity contribution < 1.29 is 28.5 Å². The van der Waals surface area contributed by atoms with E-state index in [1.165, 1.54) is 31.7 Å². The summed E-state index contributed by atoms with van der Waals surface area (Å²) in [5.41, 5.74) is -1.06. The van der Waals surface area contributed by atoms with E-state index in [-0.39, 0.29) is 18.1 Å². The van der Waals surface area contributed by atoms with Gasteiger partial charge < -0.3 is 20.3 Å². The van der Waals surface area contributed by atoms with Crippen molar-refractivity contribution in [2.24, 2.45) is 0 Å². The molecule has 0 unspecified atom stereocenters. The fourth-order valence-corrected chi connectivity index (χ4v) is 3.40. The number of halogens is 2. The molecule has 2 heterocycles. The van der Waals surface area contributed by atoms with Crippen LogP contribution >= 0.6 is 0 Å². The monoisotopic (exact) mass is 431 g/mol. The number of alkyl halides is 2. The first-order chi connectivity index (χ1) is 14.3. The third-order valence-corrected chi connectivity index (χ3v) is 5.17. The van der Waals surface area contributed by atoms with Crippen molar-refractivity contribution in [3.8, 4) is 0 Å². The fraction of sp³-hybridized carbons (Fsp3) is 0.750. The van der Waals surface area contributed by atoms with E-state index in [2.05, 4.69) is 17.2 Å². The van der Waals surface area contributed by atoms with Crippen molar-refractivity contribution in [2.75, 3.05) is 11.9 Å². The summed E-state index contributed by atoms with van der Waals surface area (Å²) in [6, 6.07) is 1.21. The van der Waals surface area contributed by atoms with E-state index in [1.54, 1.807) is 0 Å². The molecule has 0 radical (unpaired) electrons. The molecule has 2 rings (SSSR count). The number of amides is 1. The fourth-order valence-electron chi connectivity index (χ4n) is 3.40. The first kappa shape index (κ1) is 24.4. The highest BCUT2D eigenvalue weighted by atomic mass is 19.3. The summed E-state index contributed by atoms with van der Waals surface area (Å²) in [5, 5.41) is 21.1. The van der Waals surface area contributed by atoms with Gasteiger partial charge in [-0.2, -0.15) is 13.8 Å². The van der Waals surface area contributed by atoms with Gasteiger partial charge in [-0.1, -0.05) is 51.9 Å². The molecule has 1 aromatic heterocycles. The largest absolute Gasteiger partial charge is 0.394 e. The molecule has 30 heavy (non-hydrogen) atoms. The minimum atomic E-state index is -3.78. The van der Waals surface area contributed by atoms with Gasteiger partial charge >= 0.3 is 11.6 Å². The van der Waals surface area contributed by atoms with Gasteiger partial charge in [-0.3, -0.25) is 9.36 Å². The van der Waals surface area contributed by atoms with Crippen LogP contribution in [0.4, 0.5) is 14.6 Å². The number of ether oxygens (including phenoxy) is 1. The quantitative estimate of drug-likeness (QED) is 0.439. The number of carbonyl (C=O) groups is 1. The number of carbonyl (C=O) groups excluding carboxylic acids is 1. The van der Waals surface area contributed by atoms with Crippen molar-refractivity contribution in [3.05, 3.63) is 22.7 Å². The third-order valence-electron chi connectivity index (χ3n) is 5.17. The number of rotatable bonds is 12. The number of anilines is 1. The van der Waals surface area contributed by atoms with E-state index in [1.807, 2.05) is 0 Å². The lowest BCUT2D eigenvalue weighted by atomic mass is 10.1. The zero-order valence-electron chi connectivity index (χ0n) is 17.2. The summed E-state index contributed by atoms with van der Waals surface area (Å²) >= 11 is 0. The van der Waals surface area contributed by atoms with E-state index in [0.717, 1.165) is 31.9 Å². The second-order valence-corrected chi connectivity index (χ2v) is 7.60. The zero-order valence-corrected chi connectivity index (χ0v) is 17.2. The van der Waals surface area contributed by atoms with Crippen molar-refractivity contribution >= 4 is 11.7 Å². The Morgan fingerprint density at radius 1 is 1.23 bits per heavy atom. The van der Waals surface area contributed by atoms with E-state index in [9.17, 15) is 23.5 Å². The molecule has 1 saturated heterocycles. The van der Waals surface area contributed by atoms with Crippen LogP contribution in [-0.4, -0.2) is 50.4 Å². The summed E-state index contributed by atoms with van der Waals surface area (Å²) in [6.45, 7) is 1.35. The lowest BCUT2D eigenvalue weighted by Crippen LogP contribution is -2.41. The molecule has 1 aliphatic rings. The Kier molecular flexibility index (Phi) is 9.32. The number of hydrogen-bond acceptors (Lipinski definition) is 6. The predicted molar refractivity (Wildman–Crippen MR) is 106 cm³/mol. The van der Waals surface area contributed by atoms with E-state index >= 15 is 0 Å². The van der Waals surface area contributed by atoms with Crippen molar-refractivity contribution in [1.29, 1.82) is 0 Å². The Hall–Kier alpha value is -1.91. The minimum Gasteiger partial charge on any atom is -0.394 e. The topological polar surface area (TPSA) is 114 Å². The summed E-state index contributed by atoms with van der Waals surface area (Å²) < 4.78 is 33.8. The first-order valence-corrected chi connectivity index (χ1v) is 10.5. The smallest absolute Gasteiger partial charge is 0.351 e. The third kappa shape index (κ3) is 6.29. The number of unbranched alkanes of at least 4 members (excludes halogenated alkanes) is 7. The molecule has 1 aromatic rings. The molecule has 3 N–H and O–H groups in total. The SMILES string of the molecule is CCCCCCCCCCC(=O)Nc1ccn([C@H]2O[C@@H](CO)[C@H](O)C2(F)F)c(=O)n1.